The molecule has 3 rings (SSSR count). The van der Waals surface area contributed by atoms with Crippen LogP contribution < -0.4 is 0 Å². The fraction of sp³-hybridized carbons (Fsp3) is 0.733. The Morgan fingerprint density at radius 1 is 1.38 bits per heavy atom. The summed E-state index contributed by atoms with van der Waals surface area (Å²) in [4.78, 5) is 4.75. The molecule has 2 aromatic rings. The van der Waals surface area contributed by atoms with Gasteiger partial charge in [0, 0.05) is 26.8 Å². The molecule has 2 aromatic heterocycles. The van der Waals surface area contributed by atoms with E-state index in [1.165, 1.54) is 0 Å². The zero-order chi connectivity index (χ0) is 15.2. The highest BCUT2D eigenvalue weighted by molar-refractivity contribution is 6.20. The van der Waals surface area contributed by atoms with Crippen LogP contribution in [0, 0.1) is 12.3 Å². The van der Waals surface area contributed by atoms with Crippen molar-refractivity contribution in [3.63, 3.8) is 0 Å². The summed E-state index contributed by atoms with van der Waals surface area (Å²) in [6.45, 7) is 8.90. The Labute approximate surface area is 130 Å². The summed E-state index contributed by atoms with van der Waals surface area (Å²) in [6, 6.07) is 0. The van der Waals surface area contributed by atoms with E-state index < -0.39 is 0 Å². The van der Waals surface area contributed by atoms with E-state index in [0.29, 0.717) is 0 Å². The summed E-state index contributed by atoms with van der Waals surface area (Å²) in [5.41, 5.74) is 3.23. The van der Waals surface area contributed by atoms with Crippen LogP contribution in [-0.2, 0) is 18.3 Å². The van der Waals surface area contributed by atoms with E-state index in [2.05, 4.69) is 16.6 Å². The summed E-state index contributed by atoms with van der Waals surface area (Å²) in [5, 5.41) is 4.38. The monoisotopic (exact) mass is 310 g/mol. The molecule has 0 radical (unpaired) electrons. The van der Waals surface area contributed by atoms with Crippen LogP contribution in [0.1, 0.15) is 43.6 Å². The highest BCUT2D eigenvalue weighted by atomic mass is 35.5. The molecule has 3 heterocycles. The van der Waals surface area contributed by atoms with E-state index in [0.717, 1.165) is 55.3 Å². The molecule has 0 bridgehead atoms. The van der Waals surface area contributed by atoms with Gasteiger partial charge in [-0.1, -0.05) is 6.92 Å². The number of rotatable bonds is 3. The van der Waals surface area contributed by atoms with E-state index in [4.69, 9.17) is 21.3 Å². The molecule has 1 unspecified atom stereocenters. The molecule has 1 aliphatic rings. The molecule has 0 N–H and O–H groups in total. The van der Waals surface area contributed by atoms with Gasteiger partial charge in [-0.25, -0.2) is 4.98 Å². The van der Waals surface area contributed by atoms with Gasteiger partial charge in [0.15, 0.2) is 5.65 Å². The molecule has 0 amide bonds. The Balaban J connectivity index is 2.08. The molecule has 0 aromatic carbocycles. The van der Waals surface area contributed by atoms with E-state index in [1.807, 2.05) is 25.6 Å². The number of halogens is 1. The van der Waals surface area contributed by atoms with Crippen molar-refractivity contribution in [3.05, 3.63) is 11.5 Å². The lowest BCUT2D eigenvalue weighted by molar-refractivity contribution is 0.0155. The van der Waals surface area contributed by atoms with Gasteiger partial charge in [0.05, 0.1) is 11.1 Å². The molecule has 1 aliphatic heterocycles. The first kappa shape index (κ1) is 14.9. The minimum atomic E-state index is -0.111. The van der Waals surface area contributed by atoms with Crippen molar-refractivity contribution in [2.24, 2.45) is 12.5 Å². The van der Waals surface area contributed by atoms with Crippen LogP contribution in [0.4, 0.5) is 0 Å². The zero-order valence-corrected chi connectivity index (χ0v) is 13.9. The van der Waals surface area contributed by atoms with Crippen LogP contribution >= 0.6 is 11.6 Å². The summed E-state index contributed by atoms with van der Waals surface area (Å²) in [7, 11) is 1.97. The molecule has 0 aliphatic carbocycles. The van der Waals surface area contributed by atoms with Gasteiger partial charge >= 0.3 is 0 Å². The highest BCUT2D eigenvalue weighted by Gasteiger charge is 2.31. The van der Waals surface area contributed by atoms with Crippen molar-refractivity contribution in [1.29, 1.82) is 0 Å². The minimum Gasteiger partial charge on any atom is -0.381 e. The number of aromatic nitrogens is 4. The number of fused-ring (bicyclic) bond motifs is 1. The van der Waals surface area contributed by atoms with E-state index in [-0.39, 0.29) is 10.8 Å². The highest BCUT2D eigenvalue weighted by Crippen LogP contribution is 2.35. The molecule has 0 saturated carbocycles. The second-order valence-electron chi connectivity index (χ2n) is 6.48. The third-order valence-electron chi connectivity index (χ3n) is 4.52. The smallest absolute Gasteiger partial charge is 0.158 e. The topological polar surface area (TPSA) is 44.9 Å². The van der Waals surface area contributed by atoms with Crippen LogP contribution in [-0.4, -0.2) is 32.5 Å². The molecular weight excluding hydrogens is 288 g/mol. The molecule has 5 nitrogen and oxygen atoms in total. The lowest BCUT2D eigenvalue weighted by Crippen LogP contribution is -2.31. The van der Waals surface area contributed by atoms with Crippen LogP contribution in [0.5, 0.6) is 0 Å². The SMILES string of the molecule is Cc1nn(C)c2c1nc(C(C)Cl)n2CC1(C)CCOCC1. The second kappa shape index (κ2) is 5.29. The van der Waals surface area contributed by atoms with Crippen molar-refractivity contribution in [3.8, 4) is 0 Å². The van der Waals surface area contributed by atoms with Gasteiger partial charge in [-0.3, -0.25) is 4.68 Å². The molecule has 1 fully saturated rings. The predicted octanol–water partition coefficient (Wildman–Crippen LogP) is 3.19. The van der Waals surface area contributed by atoms with E-state index in [1.54, 1.807) is 0 Å². The molecule has 1 saturated heterocycles. The maximum Gasteiger partial charge on any atom is 0.158 e. The lowest BCUT2D eigenvalue weighted by atomic mass is 9.82. The van der Waals surface area contributed by atoms with Gasteiger partial charge in [0.25, 0.3) is 0 Å². The number of alkyl halides is 1. The number of aryl methyl sites for hydroxylation is 2. The molecule has 6 heteroatoms. The Kier molecular flexibility index (Phi) is 3.74. The lowest BCUT2D eigenvalue weighted by Gasteiger charge is -2.34. The van der Waals surface area contributed by atoms with E-state index in [9.17, 15) is 0 Å². The quantitative estimate of drug-likeness (QED) is 0.818. The Bertz CT molecular complexity index is 652. The van der Waals surface area contributed by atoms with Crippen LogP contribution in [0.15, 0.2) is 0 Å². The fourth-order valence-electron chi connectivity index (χ4n) is 3.22. The third kappa shape index (κ3) is 2.57. The van der Waals surface area contributed by atoms with Crippen molar-refractivity contribution in [2.75, 3.05) is 13.2 Å². The van der Waals surface area contributed by atoms with Crippen molar-refractivity contribution in [2.45, 2.75) is 45.5 Å². The third-order valence-corrected chi connectivity index (χ3v) is 4.71. The van der Waals surface area contributed by atoms with Gasteiger partial charge < -0.3 is 9.30 Å². The first-order chi connectivity index (χ1) is 9.91. The van der Waals surface area contributed by atoms with Crippen LogP contribution in [0.2, 0.25) is 0 Å². The average molecular weight is 311 g/mol. The van der Waals surface area contributed by atoms with Crippen molar-refractivity contribution < 1.29 is 4.74 Å². The number of imidazole rings is 1. The summed E-state index contributed by atoms with van der Waals surface area (Å²) < 4.78 is 9.69. The van der Waals surface area contributed by atoms with E-state index >= 15 is 0 Å². The normalized spacial score (nSPS) is 20.0. The standard InChI is InChI=1S/C15H23ClN4O/c1-10(16)13-17-12-11(2)18-19(4)14(12)20(13)9-15(3)5-7-21-8-6-15/h10H,5-9H2,1-4H3. The maximum atomic E-state index is 6.37. The largest absolute Gasteiger partial charge is 0.381 e. The van der Waals surface area contributed by atoms with Gasteiger partial charge in [0.2, 0.25) is 0 Å². The summed E-state index contributed by atoms with van der Waals surface area (Å²) >= 11 is 6.37. The summed E-state index contributed by atoms with van der Waals surface area (Å²) in [6.07, 6.45) is 2.14. The minimum absolute atomic E-state index is 0.111. The Morgan fingerprint density at radius 2 is 2.05 bits per heavy atom. The first-order valence-corrected chi connectivity index (χ1v) is 7.96. The average Bonchev–Trinajstić information content (AvgIpc) is 2.90. The Morgan fingerprint density at radius 3 is 2.67 bits per heavy atom. The van der Waals surface area contributed by atoms with Crippen molar-refractivity contribution in [1.82, 2.24) is 19.3 Å². The number of ether oxygens (including phenoxy) is 1. The number of nitrogens with zero attached hydrogens (tertiary/aromatic N) is 4. The van der Waals surface area contributed by atoms with Crippen molar-refractivity contribution >= 4 is 22.8 Å². The van der Waals surface area contributed by atoms with Gasteiger partial charge in [0.1, 0.15) is 11.3 Å². The van der Waals surface area contributed by atoms with Gasteiger partial charge in [-0.05, 0) is 32.1 Å². The Hall–Kier alpha value is -1.07. The molecule has 0 spiro atoms. The van der Waals surface area contributed by atoms with Crippen LogP contribution in [0.25, 0.3) is 11.2 Å². The molecule has 21 heavy (non-hydrogen) atoms. The molecule has 116 valence electrons. The second-order valence-corrected chi connectivity index (χ2v) is 7.13. The van der Waals surface area contributed by atoms with Crippen LogP contribution in [0.3, 0.4) is 0 Å². The fourth-order valence-corrected chi connectivity index (χ4v) is 3.38. The van der Waals surface area contributed by atoms with Gasteiger partial charge in [-0.2, -0.15) is 5.10 Å². The van der Waals surface area contributed by atoms with Gasteiger partial charge in [-0.15, -0.1) is 11.6 Å². The number of hydrogen-bond acceptors (Lipinski definition) is 3. The zero-order valence-electron chi connectivity index (χ0n) is 13.2. The number of hydrogen-bond donors (Lipinski definition) is 0. The summed E-state index contributed by atoms with van der Waals surface area (Å²) in [5.74, 6) is 0.940. The predicted molar refractivity (Wildman–Crippen MR) is 83.7 cm³/mol. The maximum absolute atomic E-state index is 6.37. The molecular formula is C15H23ClN4O. The molecule has 1 atom stereocenters. The first-order valence-electron chi connectivity index (χ1n) is 7.53.